The normalized spacial score (nSPS) is 10.6. The molecule has 0 radical (unpaired) electrons. The number of nitrogens with two attached hydrogens (primary N) is 1. The molecular weight excluding hydrogens is 283 g/mol. The molecule has 0 bridgehead atoms. The van der Waals surface area contributed by atoms with Gasteiger partial charge in [-0.15, -0.1) is 24.8 Å². The molecule has 1 aromatic rings. The Kier molecular flexibility index (Phi) is 10.3. The van der Waals surface area contributed by atoms with Crippen LogP contribution in [0.15, 0.2) is 12.5 Å². The zero-order chi connectivity index (χ0) is 12.0. The molecular formula is C9H16Cl2N4O3. The molecule has 0 aromatic carbocycles. The number of halogens is 2. The second-order valence-corrected chi connectivity index (χ2v) is 3.11. The quantitative estimate of drug-likeness (QED) is 0.630. The molecule has 0 saturated heterocycles. The van der Waals surface area contributed by atoms with Crippen molar-refractivity contribution in [2.24, 2.45) is 5.73 Å². The van der Waals surface area contributed by atoms with Crippen LogP contribution in [0.1, 0.15) is 5.69 Å². The van der Waals surface area contributed by atoms with Crippen molar-refractivity contribution in [1.82, 2.24) is 15.3 Å². The van der Waals surface area contributed by atoms with Gasteiger partial charge in [0.2, 0.25) is 5.91 Å². The third-order valence-electron chi connectivity index (χ3n) is 1.97. The summed E-state index contributed by atoms with van der Waals surface area (Å²) in [7, 11) is 1.26. The van der Waals surface area contributed by atoms with E-state index in [0.717, 1.165) is 0 Å². The molecule has 0 spiro atoms. The van der Waals surface area contributed by atoms with Crippen LogP contribution in [-0.2, 0) is 20.7 Å². The van der Waals surface area contributed by atoms with Crippen molar-refractivity contribution in [3.05, 3.63) is 18.2 Å². The number of esters is 1. The summed E-state index contributed by atoms with van der Waals surface area (Å²) in [6, 6.07) is -0.760. The third-order valence-corrected chi connectivity index (χ3v) is 1.97. The number of aromatic amines is 1. The summed E-state index contributed by atoms with van der Waals surface area (Å²) in [5.74, 6) is -0.935. The Hall–Kier alpha value is -1.31. The highest BCUT2D eigenvalue weighted by molar-refractivity contribution is 5.86. The number of imidazole rings is 1. The maximum atomic E-state index is 11.4. The van der Waals surface area contributed by atoms with E-state index in [1.165, 1.54) is 13.4 Å². The molecule has 1 rings (SSSR count). The molecule has 1 aromatic heterocycles. The number of ether oxygens (including phenoxy) is 1. The molecule has 4 N–H and O–H groups in total. The van der Waals surface area contributed by atoms with Gasteiger partial charge in [-0.1, -0.05) is 0 Å². The molecule has 0 aliphatic heterocycles. The fourth-order valence-electron chi connectivity index (χ4n) is 1.20. The van der Waals surface area contributed by atoms with Gasteiger partial charge in [0, 0.05) is 12.6 Å². The van der Waals surface area contributed by atoms with Crippen LogP contribution in [0.3, 0.4) is 0 Å². The highest BCUT2D eigenvalue weighted by Gasteiger charge is 2.21. The summed E-state index contributed by atoms with van der Waals surface area (Å²) in [6.45, 7) is -0.173. The SMILES string of the molecule is COC(=O)[C@H](Cc1c[nH]cn1)NC(=O)CN.Cl.Cl. The van der Waals surface area contributed by atoms with E-state index in [0.29, 0.717) is 5.69 Å². The largest absolute Gasteiger partial charge is 0.467 e. The summed E-state index contributed by atoms with van der Waals surface area (Å²) in [6.07, 6.45) is 3.40. The van der Waals surface area contributed by atoms with Gasteiger partial charge in [0.05, 0.1) is 25.7 Å². The fraction of sp³-hybridized carbons (Fsp3) is 0.444. The Morgan fingerprint density at radius 3 is 2.67 bits per heavy atom. The van der Waals surface area contributed by atoms with Gasteiger partial charge in [0.15, 0.2) is 0 Å². The van der Waals surface area contributed by atoms with E-state index in [4.69, 9.17) is 5.73 Å². The van der Waals surface area contributed by atoms with Crippen LogP contribution >= 0.6 is 24.8 Å². The highest BCUT2D eigenvalue weighted by atomic mass is 35.5. The zero-order valence-corrected chi connectivity index (χ0v) is 11.3. The number of aromatic nitrogens is 2. The number of H-pyrrole nitrogens is 1. The predicted octanol–water partition coefficient (Wildman–Crippen LogP) is -0.588. The molecule has 1 heterocycles. The Morgan fingerprint density at radius 2 is 2.22 bits per heavy atom. The lowest BCUT2D eigenvalue weighted by molar-refractivity contribution is -0.144. The Balaban J connectivity index is 0. The smallest absolute Gasteiger partial charge is 0.328 e. The molecule has 1 amide bonds. The number of hydrogen-bond donors (Lipinski definition) is 3. The summed E-state index contributed by atoms with van der Waals surface area (Å²) in [5, 5.41) is 2.46. The number of hydrogen-bond acceptors (Lipinski definition) is 5. The topological polar surface area (TPSA) is 110 Å². The zero-order valence-electron chi connectivity index (χ0n) is 9.71. The first kappa shape index (κ1) is 19.0. The molecule has 104 valence electrons. The van der Waals surface area contributed by atoms with E-state index >= 15 is 0 Å². The highest BCUT2D eigenvalue weighted by Crippen LogP contribution is 2.00. The summed E-state index contributed by atoms with van der Waals surface area (Å²) in [4.78, 5) is 29.2. The molecule has 0 saturated carbocycles. The van der Waals surface area contributed by atoms with Gasteiger partial charge in [-0.2, -0.15) is 0 Å². The van der Waals surface area contributed by atoms with Gasteiger partial charge in [-0.25, -0.2) is 9.78 Å². The van der Waals surface area contributed by atoms with Crippen LogP contribution < -0.4 is 11.1 Å². The van der Waals surface area contributed by atoms with Crippen LogP contribution in [0.25, 0.3) is 0 Å². The molecule has 18 heavy (non-hydrogen) atoms. The first-order valence-corrected chi connectivity index (χ1v) is 4.72. The number of nitrogens with one attached hydrogen (secondary N) is 2. The second kappa shape index (κ2) is 9.69. The van der Waals surface area contributed by atoms with Gasteiger partial charge < -0.3 is 20.8 Å². The lowest BCUT2D eigenvalue weighted by Crippen LogP contribution is -2.45. The number of rotatable bonds is 5. The first-order valence-electron chi connectivity index (χ1n) is 4.72. The minimum absolute atomic E-state index is 0. The van der Waals surface area contributed by atoms with E-state index < -0.39 is 17.9 Å². The molecule has 7 nitrogen and oxygen atoms in total. The average Bonchev–Trinajstić information content (AvgIpc) is 2.79. The van der Waals surface area contributed by atoms with E-state index in [-0.39, 0.29) is 37.8 Å². The van der Waals surface area contributed by atoms with Crippen LogP contribution in [0.4, 0.5) is 0 Å². The van der Waals surface area contributed by atoms with Gasteiger partial charge in [-0.3, -0.25) is 4.79 Å². The number of methoxy groups -OCH3 is 1. The maximum Gasteiger partial charge on any atom is 0.328 e. The van der Waals surface area contributed by atoms with Crippen molar-refractivity contribution < 1.29 is 14.3 Å². The van der Waals surface area contributed by atoms with Crippen LogP contribution in [0.2, 0.25) is 0 Å². The minimum Gasteiger partial charge on any atom is -0.467 e. The second-order valence-electron chi connectivity index (χ2n) is 3.11. The lowest BCUT2D eigenvalue weighted by atomic mass is 10.1. The number of nitrogens with zero attached hydrogens (tertiary/aromatic N) is 1. The van der Waals surface area contributed by atoms with Gasteiger partial charge in [0.25, 0.3) is 0 Å². The van der Waals surface area contributed by atoms with E-state index in [2.05, 4.69) is 20.0 Å². The summed E-state index contributed by atoms with van der Waals surface area (Å²) in [5.41, 5.74) is 5.81. The van der Waals surface area contributed by atoms with Crippen LogP contribution in [0, 0.1) is 0 Å². The number of carbonyl (C=O) groups excluding carboxylic acids is 2. The number of carbonyl (C=O) groups is 2. The van der Waals surface area contributed by atoms with Crippen LogP contribution in [0.5, 0.6) is 0 Å². The van der Waals surface area contributed by atoms with E-state index in [9.17, 15) is 9.59 Å². The number of amides is 1. The van der Waals surface area contributed by atoms with Crippen molar-refractivity contribution >= 4 is 36.7 Å². The molecule has 1 atom stereocenters. The Labute approximate surface area is 117 Å². The van der Waals surface area contributed by atoms with Crippen molar-refractivity contribution in [3.63, 3.8) is 0 Å². The van der Waals surface area contributed by atoms with E-state index in [1.54, 1.807) is 6.20 Å². The third kappa shape index (κ3) is 5.85. The van der Waals surface area contributed by atoms with E-state index in [1.807, 2.05) is 0 Å². The average molecular weight is 299 g/mol. The molecule has 0 aliphatic rings. The Morgan fingerprint density at radius 1 is 1.56 bits per heavy atom. The molecule has 9 heteroatoms. The van der Waals surface area contributed by atoms with Gasteiger partial charge >= 0.3 is 5.97 Å². The van der Waals surface area contributed by atoms with Crippen molar-refractivity contribution in [3.8, 4) is 0 Å². The van der Waals surface area contributed by atoms with Crippen molar-refractivity contribution in [2.45, 2.75) is 12.5 Å². The van der Waals surface area contributed by atoms with Gasteiger partial charge in [-0.05, 0) is 0 Å². The maximum absolute atomic E-state index is 11.4. The minimum atomic E-state index is -0.760. The van der Waals surface area contributed by atoms with Crippen LogP contribution in [-0.4, -0.2) is 41.5 Å². The molecule has 0 unspecified atom stereocenters. The predicted molar refractivity (Wildman–Crippen MR) is 69.8 cm³/mol. The molecule has 0 fully saturated rings. The van der Waals surface area contributed by atoms with Gasteiger partial charge in [0.1, 0.15) is 6.04 Å². The Bertz CT molecular complexity index is 359. The fourth-order valence-corrected chi connectivity index (χ4v) is 1.20. The summed E-state index contributed by atoms with van der Waals surface area (Å²) < 4.78 is 4.57. The lowest BCUT2D eigenvalue weighted by Gasteiger charge is -2.14. The summed E-state index contributed by atoms with van der Waals surface area (Å²) >= 11 is 0. The molecule has 0 aliphatic carbocycles. The monoisotopic (exact) mass is 298 g/mol. The van der Waals surface area contributed by atoms with Crippen molar-refractivity contribution in [2.75, 3.05) is 13.7 Å². The van der Waals surface area contributed by atoms with Crippen molar-refractivity contribution in [1.29, 1.82) is 0 Å². The standard InChI is InChI=1S/C9H14N4O3.2ClH/c1-16-9(15)7(13-8(14)3-10)2-6-4-11-5-12-6;;/h4-5,7H,2-3,10H2,1H3,(H,11,12)(H,13,14);2*1H/t7-;;/m0../s1. The first-order chi connectivity index (χ1) is 7.67.